The van der Waals surface area contributed by atoms with Crippen LogP contribution in [0, 0.1) is 0 Å². The molecule has 1 aliphatic heterocycles. The van der Waals surface area contributed by atoms with Gasteiger partial charge in [0.1, 0.15) is 12.4 Å². The fourth-order valence-corrected chi connectivity index (χ4v) is 2.08. The van der Waals surface area contributed by atoms with Crippen LogP contribution in [0.2, 0.25) is 0 Å². The maximum absolute atomic E-state index is 6.02. The maximum atomic E-state index is 6.02. The van der Waals surface area contributed by atoms with Gasteiger partial charge in [-0.3, -0.25) is 0 Å². The molecule has 2 N–H and O–H groups in total. The third kappa shape index (κ3) is 4.36. The van der Waals surface area contributed by atoms with E-state index in [4.69, 9.17) is 15.2 Å². The molecule has 0 aliphatic carbocycles. The van der Waals surface area contributed by atoms with Crippen LogP contribution in [-0.4, -0.2) is 25.4 Å². The highest BCUT2D eigenvalue weighted by Gasteiger charge is 2.16. The topological polar surface area (TPSA) is 44.5 Å². The summed E-state index contributed by atoms with van der Waals surface area (Å²) in [5.41, 5.74) is 6.02. The van der Waals surface area contributed by atoms with E-state index in [0.29, 0.717) is 12.7 Å². The second-order valence-corrected chi connectivity index (χ2v) is 4.60. The first-order valence-electron chi connectivity index (χ1n) is 6.39. The number of hydrogen-bond acceptors (Lipinski definition) is 3. The molecule has 0 saturated carbocycles. The van der Waals surface area contributed by atoms with Crippen LogP contribution >= 0.6 is 0 Å². The van der Waals surface area contributed by atoms with Crippen LogP contribution in [0.15, 0.2) is 30.3 Å². The van der Waals surface area contributed by atoms with Crippen LogP contribution < -0.4 is 10.5 Å². The number of benzene rings is 1. The van der Waals surface area contributed by atoms with Crippen molar-refractivity contribution in [1.29, 1.82) is 0 Å². The summed E-state index contributed by atoms with van der Waals surface area (Å²) in [7, 11) is 0. The third-order valence-electron chi connectivity index (χ3n) is 3.09. The van der Waals surface area contributed by atoms with E-state index < -0.39 is 0 Å². The van der Waals surface area contributed by atoms with Crippen molar-refractivity contribution in [2.24, 2.45) is 5.73 Å². The van der Waals surface area contributed by atoms with Gasteiger partial charge in [-0.2, -0.15) is 0 Å². The van der Waals surface area contributed by atoms with Gasteiger partial charge in [0.2, 0.25) is 0 Å². The SMILES string of the molecule is NC(CCC1CCCO1)COc1ccccc1. The number of hydrogen-bond donors (Lipinski definition) is 1. The highest BCUT2D eigenvalue weighted by molar-refractivity contribution is 5.20. The van der Waals surface area contributed by atoms with E-state index >= 15 is 0 Å². The van der Waals surface area contributed by atoms with Gasteiger partial charge in [0, 0.05) is 12.6 Å². The van der Waals surface area contributed by atoms with E-state index in [1.165, 1.54) is 12.8 Å². The van der Waals surface area contributed by atoms with Crippen molar-refractivity contribution >= 4 is 0 Å². The number of rotatable bonds is 6. The van der Waals surface area contributed by atoms with Gasteiger partial charge in [-0.05, 0) is 37.8 Å². The summed E-state index contributed by atoms with van der Waals surface area (Å²) in [5, 5.41) is 0. The molecule has 1 aliphatic rings. The molecule has 1 saturated heterocycles. The lowest BCUT2D eigenvalue weighted by Crippen LogP contribution is -2.29. The number of para-hydroxylation sites is 1. The predicted molar refractivity (Wildman–Crippen MR) is 68.1 cm³/mol. The third-order valence-corrected chi connectivity index (χ3v) is 3.09. The van der Waals surface area contributed by atoms with Crippen LogP contribution in [0.3, 0.4) is 0 Å². The molecule has 3 nitrogen and oxygen atoms in total. The summed E-state index contributed by atoms with van der Waals surface area (Å²) in [6.45, 7) is 1.50. The Morgan fingerprint density at radius 3 is 2.88 bits per heavy atom. The van der Waals surface area contributed by atoms with Crippen molar-refractivity contribution in [2.45, 2.75) is 37.8 Å². The second-order valence-electron chi connectivity index (χ2n) is 4.60. The van der Waals surface area contributed by atoms with Crippen LogP contribution in [0.4, 0.5) is 0 Å². The predicted octanol–water partition coefficient (Wildman–Crippen LogP) is 2.35. The lowest BCUT2D eigenvalue weighted by atomic mass is 10.1. The summed E-state index contributed by atoms with van der Waals surface area (Å²) in [6.07, 6.45) is 4.83. The normalized spacial score (nSPS) is 21.4. The fourth-order valence-electron chi connectivity index (χ4n) is 2.08. The Bertz CT molecular complexity index is 309. The smallest absolute Gasteiger partial charge is 0.119 e. The fraction of sp³-hybridized carbons (Fsp3) is 0.571. The van der Waals surface area contributed by atoms with Crippen LogP contribution in [0.5, 0.6) is 5.75 Å². The number of nitrogens with two attached hydrogens (primary N) is 1. The lowest BCUT2D eigenvalue weighted by Gasteiger charge is -2.15. The molecule has 94 valence electrons. The zero-order valence-corrected chi connectivity index (χ0v) is 10.2. The molecule has 0 bridgehead atoms. The molecule has 0 radical (unpaired) electrons. The zero-order valence-electron chi connectivity index (χ0n) is 10.2. The minimum Gasteiger partial charge on any atom is -0.492 e. The van der Waals surface area contributed by atoms with Crippen molar-refractivity contribution in [2.75, 3.05) is 13.2 Å². The van der Waals surface area contributed by atoms with Crippen LogP contribution in [0.25, 0.3) is 0 Å². The highest BCUT2D eigenvalue weighted by atomic mass is 16.5. The zero-order chi connectivity index (χ0) is 11.9. The molecule has 0 spiro atoms. The van der Waals surface area contributed by atoms with E-state index in [2.05, 4.69) is 0 Å². The summed E-state index contributed by atoms with van der Waals surface area (Å²) in [6, 6.07) is 9.91. The molecular formula is C14H21NO2. The van der Waals surface area contributed by atoms with Gasteiger partial charge in [0.15, 0.2) is 0 Å². The molecule has 2 unspecified atom stereocenters. The molecule has 1 heterocycles. The molecular weight excluding hydrogens is 214 g/mol. The first-order valence-corrected chi connectivity index (χ1v) is 6.39. The van der Waals surface area contributed by atoms with Crippen molar-refractivity contribution in [3.63, 3.8) is 0 Å². The molecule has 0 aromatic heterocycles. The summed E-state index contributed by atoms with van der Waals surface area (Å²) in [4.78, 5) is 0. The number of ether oxygens (including phenoxy) is 2. The second kappa shape index (κ2) is 6.62. The monoisotopic (exact) mass is 235 g/mol. The first-order chi connectivity index (χ1) is 8.34. The van der Waals surface area contributed by atoms with Crippen LogP contribution in [0.1, 0.15) is 25.7 Å². The van der Waals surface area contributed by atoms with Gasteiger partial charge in [-0.15, -0.1) is 0 Å². The van der Waals surface area contributed by atoms with Gasteiger partial charge < -0.3 is 15.2 Å². The van der Waals surface area contributed by atoms with Gasteiger partial charge in [-0.1, -0.05) is 18.2 Å². The Labute approximate surface area is 103 Å². The molecule has 1 aromatic carbocycles. The molecule has 1 aromatic rings. The Morgan fingerprint density at radius 2 is 2.18 bits per heavy atom. The van der Waals surface area contributed by atoms with Crippen molar-refractivity contribution in [3.8, 4) is 5.75 Å². The van der Waals surface area contributed by atoms with E-state index in [9.17, 15) is 0 Å². The quantitative estimate of drug-likeness (QED) is 0.823. The minimum atomic E-state index is 0.0967. The Morgan fingerprint density at radius 1 is 1.35 bits per heavy atom. The van der Waals surface area contributed by atoms with E-state index in [1.54, 1.807) is 0 Å². The average molecular weight is 235 g/mol. The molecule has 0 amide bonds. The first kappa shape index (κ1) is 12.4. The summed E-state index contributed by atoms with van der Waals surface area (Å²) >= 11 is 0. The molecule has 2 rings (SSSR count). The Kier molecular flexibility index (Phi) is 4.83. The lowest BCUT2D eigenvalue weighted by molar-refractivity contribution is 0.0989. The van der Waals surface area contributed by atoms with Gasteiger partial charge >= 0.3 is 0 Å². The van der Waals surface area contributed by atoms with Gasteiger partial charge in [0.05, 0.1) is 6.10 Å². The van der Waals surface area contributed by atoms with Gasteiger partial charge in [0.25, 0.3) is 0 Å². The maximum Gasteiger partial charge on any atom is 0.119 e. The van der Waals surface area contributed by atoms with Crippen molar-refractivity contribution < 1.29 is 9.47 Å². The van der Waals surface area contributed by atoms with E-state index in [1.807, 2.05) is 30.3 Å². The molecule has 3 heteroatoms. The van der Waals surface area contributed by atoms with Crippen molar-refractivity contribution in [1.82, 2.24) is 0 Å². The van der Waals surface area contributed by atoms with E-state index in [-0.39, 0.29) is 6.04 Å². The minimum absolute atomic E-state index is 0.0967. The summed E-state index contributed by atoms with van der Waals surface area (Å²) in [5.74, 6) is 0.889. The van der Waals surface area contributed by atoms with E-state index in [0.717, 1.165) is 25.2 Å². The molecule has 17 heavy (non-hydrogen) atoms. The summed E-state index contributed by atoms with van der Waals surface area (Å²) < 4.78 is 11.2. The standard InChI is InChI=1S/C14H21NO2/c15-12(8-9-14-7-4-10-16-14)11-17-13-5-2-1-3-6-13/h1-3,5-6,12,14H,4,7-11,15H2. The average Bonchev–Trinajstić information content (AvgIpc) is 2.88. The van der Waals surface area contributed by atoms with Crippen LogP contribution in [-0.2, 0) is 4.74 Å². The van der Waals surface area contributed by atoms with Gasteiger partial charge in [-0.25, -0.2) is 0 Å². The largest absolute Gasteiger partial charge is 0.492 e. The molecule has 2 atom stereocenters. The van der Waals surface area contributed by atoms with Crippen molar-refractivity contribution in [3.05, 3.63) is 30.3 Å². The Hall–Kier alpha value is -1.06. The highest BCUT2D eigenvalue weighted by Crippen LogP contribution is 2.17. The molecule has 1 fully saturated rings. The Balaban J connectivity index is 1.62.